The molecule has 0 bridgehead atoms. The Bertz CT molecular complexity index is 1030. The molecular formula is C22H20FN3O5. The number of carbonyl (C=O) groups excluding carboxylic acids is 3. The Labute approximate surface area is 177 Å². The van der Waals surface area contributed by atoms with Crippen LogP contribution in [0.1, 0.15) is 20.7 Å². The van der Waals surface area contributed by atoms with Gasteiger partial charge in [0.05, 0.1) is 48.8 Å². The lowest BCUT2D eigenvalue weighted by atomic mass is 10.1. The van der Waals surface area contributed by atoms with Crippen molar-refractivity contribution < 1.29 is 28.2 Å². The number of morpholine rings is 1. The predicted octanol–water partition coefficient (Wildman–Crippen LogP) is 2.28. The summed E-state index contributed by atoms with van der Waals surface area (Å²) < 4.78 is 25.5. The number of ether oxygens (including phenoxy) is 2. The highest BCUT2D eigenvalue weighted by Gasteiger charge is 2.41. The first kappa shape index (κ1) is 19.5. The van der Waals surface area contributed by atoms with Crippen molar-refractivity contribution in [2.45, 2.75) is 6.10 Å². The van der Waals surface area contributed by atoms with Gasteiger partial charge in [-0.25, -0.2) is 9.18 Å². The highest BCUT2D eigenvalue weighted by atomic mass is 19.1. The summed E-state index contributed by atoms with van der Waals surface area (Å²) in [5.74, 6) is -1.25. The maximum absolute atomic E-state index is 14.7. The van der Waals surface area contributed by atoms with Crippen LogP contribution in [0.5, 0.6) is 0 Å². The molecule has 3 heterocycles. The van der Waals surface area contributed by atoms with Crippen molar-refractivity contribution in [1.82, 2.24) is 4.90 Å². The highest BCUT2D eigenvalue weighted by Crippen LogP contribution is 2.35. The van der Waals surface area contributed by atoms with Crippen molar-refractivity contribution in [2.75, 3.05) is 49.2 Å². The van der Waals surface area contributed by atoms with Crippen LogP contribution < -0.4 is 9.80 Å². The van der Waals surface area contributed by atoms with Crippen LogP contribution in [0.15, 0.2) is 42.5 Å². The van der Waals surface area contributed by atoms with E-state index in [-0.39, 0.29) is 13.1 Å². The van der Waals surface area contributed by atoms with E-state index in [1.807, 2.05) is 4.90 Å². The number of carbonyl (C=O) groups is 3. The van der Waals surface area contributed by atoms with Gasteiger partial charge in [0.1, 0.15) is 11.9 Å². The van der Waals surface area contributed by atoms with Gasteiger partial charge in [0.15, 0.2) is 0 Å². The van der Waals surface area contributed by atoms with Crippen molar-refractivity contribution in [1.29, 1.82) is 0 Å². The highest BCUT2D eigenvalue weighted by molar-refractivity contribution is 6.21. The number of cyclic esters (lactones) is 1. The number of anilines is 2. The minimum absolute atomic E-state index is 0.0587. The summed E-state index contributed by atoms with van der Waals surface area (Å²) in [4.78, 5) is 42.2. The van der Waals surface area contributed by atoms with Gasteiger partial charge in [-0.1, -0.05) is 18.2 Å². The lowest BCUT2D eigenvalue weighted by molar-refractivity contribution is 0.0558. The first-order chi connectivity index (χ1) is 15.0. The summed E-state index contributed by atoms with van der Waals surface area (Å²) >= 11 is 0. The van der Waals surface area contributed by atoms with Crippen LogP contribution >= 0.6 is 0 Å². The Morgan fingerprint density at radius 3 is 2.29 bits per heavy atom. The maximum Gasteiger partial charge on any atom is 0.414 e. The molecule has 2 fully saturated rings. The smallest absolute Gasteiger partial charge is 0.414 e. The molecule has 9 heteroatoms. The third kappa shape index (κ3) is 3.31. The van der Waals surface area contributed by atoms with Gasteiger partial charge in [-0.15, -0.1) is 0 Å². The molecule has 2 aromatic rings. The summed E-state index contributed by atoms with van der Waals surface area (Å²) in [6.07, 6.45) is -1.35. The lowest BCUT2D eigenvalue weighted by Crippen LogP contribution is -2.39. The average molecular weight is 425 g/mol. The molecule has 31 heavy (non-hydrogen) atoms. The Hall–Kier alpha value is -3.46. The van der Waals surface area contributed by atoms with E-state index in [4.69, 9.17) is 9.47 Å². The second-order valence-corrected chi connectivity index (χ2v) is 7.59. The van der Waals surface area contributed by atoms with Crippen LogP contribution in [0.2, 0.25) is 0 Å². The van der Waals surface area contributed by atoms with Gasteiger partial charge < -0.3 is 14.4 Å². The normalized spacial score (nSPS) is 21.0. The largest absolute Gasteiger partial charge is 0.442 e. The van der Waals surface area contributed by atoms with Crippen LogP contribution in [0, 0.1) is 5.82 Å². The standard InChI is InChI=1S/C22H20FN3O5/c23-17-6-3-7-18(19(17)24-8-10-30-11-9-24)25-12-14(31-22(25)29)13-26-20(27)15-4-1-2-5-16(15)21(26)28/h1-7,14H,8-13H2/t14-/m0/s1. The molecule has 8 nitrogen and oxygen atoms in total. The third-order valence-electron chi connectivity index (χ3n) is 5.72. The molecule has 0 aliphatic carbocycles. The number of imide groups is 1. The molecule has 3 amide bonds. The maximum atomic E-state index is 14.7. The van der Waals surface area contributed by atoms with E-state index >= 15 is 0 Å². The van der Waals surface area contributed by atoms with E-state index < -0.39 is 29.8 Å². The number of fused-ring (bicyclic) bond motifs is 1. The molecule has 3 aliphatic heterocycles. The summed E-state index contributed by atoms with van der Waals surface area (Å²) in [6, 6.07) is 11.2. The van der Waals surface area contributed by atoms with Gasteiger partial charge in [0, 0.05) is 13.1 Å². The molecule has 3 aliphatic rings. The zero-order valence-electron chi connectivity index (χ0n) is 16.6. The minimum Gasteiger partial charge on any atom is -0.442 e. The lowest BCUT2D eigenvalue weighted by Gasteiger charge is -2.32. The zero-order chi connectivity index (χ0) is 21.5. The molecule has 0 saturated carbocycles. The summed E-state index contributed by atoms with van der Waals surface area (Å²) in [5.41, 5.74) is 1.41. The second kappa shape index (κ2) is 7.66. The number of benzene rings is 2. The van der Waals surface area contributed by atoms with Crippen molar-refractivity contribution in [3.8, 4) is 0 Å². The van der Waals surface area contributed by atoms with Crippen LogP contribution in [-0.4, -0.2) is 68.3 Å². The second-order valence-electron chi connectivity index (χ2n) is 7.59. The van der Waals surface area contributed by atoms with E-state index in [0.29, 0.717) is 48.8 Å². The van der Waals surface area contributed by atoms with Gasteiger partial charge in [-0.05, 0) is 24.3 Å². The third-order valence-corrected chi connectivity index (χ3v) is 5.72. The van der Waals surface area contributed by atoms with Crippen LogP contribution in [0.4, 0.5) is 20.6 Å². The molecule has 2 aromatic carbocycles. The van der Waals surface area contributed by atoms with Gasteiger partial charge >= 0.3 is 6.09 Å². The SMILES string of the molecule is O=C1c2ccccc2C(=O)N1C[C@@H]1CN(c2cccc(F)c2N2CCOCC2)C(=O)O1. The van der Waals surface area contributed by atoms with E-state index in [1.54, 1.807) is 36.4 Å². The fourth-order valence-electron chi connectivity index (χ4n) is 4.24. The molecule has 2 saturated heterocycles. The van der Waals surface area contributed by atoms with Crippen molar-refractivity contribution in [3.05, 3.63) is 59.4 Å². The van der Waals surface area contributed by atoms with Gasteiger partial charge in [0.2, 0.25) is 0 Å². The molecule has 0 unspecified atom stereocenters. The van der Waals surface area contributed by atoms with E-state index in [9.17, 15) is 18.8 Å². The van der Waals surface area contributed by atoms with E-state index in [1.165, 1.54) is 11.0 Å². The van der Waals surface area contributed by atoms with E-state index in [2.05, 4.69) is 0 Å². The van der Waals surface area contributed by atoms with Gasteiger partial charge in [0.25, 0.3) is 11.8 Å². The molecule has 1 atom stereocenters. The molecule has 0 radical (unpaired) electrons. The first-order valence-corrected chi connectivity index (χ1v) is 10.1. The topological polar surface area (TPSA) is 79.4 Å². The number of amides is 3. The molecule has 0 aromatic heterocycles. The number of hydrogen-bond donors (Lipinski definition) is 0. The van der Waals surface area contributed by atoms with Gasteiger partial charge in [-0.2, -0.15) is 0 Å². The predicted molar refractivity (Wildman–Crippen MR) is 109 cm³/mol. The number of halogens is 1. The Morgan fingerprint density at radius 2 is 1.61 bits per heavy atom. The first-order valence-electron chi connectivity index (χ1n) is 10.1. The summed E-state index contributed by atoms with van der Waals surface area (Å²) in [5, 5.41) is 0. The Balaban J connectivity index is 1.37. The summed E-state index contributed by atoms with van der Waals surface area (Å²) in [7, 11) is 0. The minimum atomic E-state index is -0.712. The van der Waals surface area contributed by atoms with Crippen molar-refractivity contribution in [2.24, 2.45) is 0 Å². The zero-order valence-corrected chi connectivity index (χ0v) is 16.6. The summed E-state index contributed by atoms with van der Waals surface area (Å²) in [6.45, 7) is 2.01. The molecule has 160 valence electrons. The van der Waals surface area contributed by atoms with E-state index in [0.717, 1.165) is 4.90 Å². The Morgan fingerprint density at radius 1 is 0.935 bits per heavy atom. The fraction of sp³-hybridized carbons (Fsp3) is 0.318. The number of rotatable bonds is 4. The molecule has 5 rings (SSSR count). The quantitative estimate of drug-likeness (QED) is 0.700. The van der Waals surface area contributed by atoms with Crippen LogP contribution in [0.3, 0.4) is 0 Å². The van der Waals surface area contributed by atoms with Crippen molar-refractivity contribution in [3.63, 3.8) is 0 Å². The number of hydrogen-bond acceptors (Lipinski definition) is 6. The molecule has 0 N–H and O–H groups in total. The number of nitrogens with zero attached hydrogens (tertiary/aromatic N) is 3. The van der Waals surface area contributed by atoms with Crippen molar-refractivity contribution >= 4 is 29.3 Å². The van der Waals surface area contributed by atoms with Gasteiger partial charge in [-0.3, -0.25) is 19.4 Å². The van der Waals surface area contributed by atoms with Crippen LogP contribution in [-0.2, 0) is 9.47 Å². The Kier molecular flexibility index (Phi) is 4.82. The monoisotopic (exact) mass is 425 g/mol. The average Bonchev–Trinajstić information content (AvgIpc) is 3.27. The fourth-order valence-corrected chi connectivity index (χ4v) is 4.24. The molecular weight excluding hydrogens is 405 g/mol. The molecule has 0 spiro atoms. The number of para-hydroxylation sites is 1. The van der Waals surface area contributed by atoms with Crippen LogP contribution in [0.25, 0.3) is 0 Å².